The summed E-state index contributed by atoms with van der Waals surface area (Å²) in [4.78, 5) is 27.6. The summed E-state index contributed by atoms with van der Waals surface area (Å²) in [5.74, 6) is -1.37. The number of nitrogens with zero attached hydrogens (tertiary/aromatic N) is 1. The number of carbonyl (C=O) groups excluding carboxylic acids is 2. The zero-order valence-corrected chi connectivity index (χ0v) is 16.2. The molecule has 2 amide bonds. The number of rotatable bonds is 4. The van der Waals surface area contributed by atoms with Gasteiger partial charge in [0, 0.05) is 10.7 Å². The molecular formula is C23H16ClFN2O2. The Morgan fingerprint density at radius 1 is 0.897 bits per heavy atom. The summed E-state index contributed by atoms with van der Waals surface area (Å²) in [5, 5.41) is 3.66. The van der Waals surface area contributed by atoms with Gasteiger partial charge in [0.25, 0.3) is 11.8 Å². The fraction of sp³-hybridized carbons (Fsp3) is 0.0435. The first-order valence-corrected chi connectivity index (χ1v) is 9.31. The fourth-order valence-electron chi connectivity index (χ4n) is 3.24. The van der Waals surface area contributed by atoms with Gasteiger partial charge < -0.3 is 5.32 Å². The van der Waals surface area contributed by atoms with Crippen LogP contribution in [0.1, 0.15) is 11.1 Å². The molecule has 1 aliphatic heterocycles. The summed E-state index contributed by atoms with van der Waals surface area (Å²) in [6.07, 6.45) is 0. The third-order valence-electron chi connectivity index (χ3n) is 4.68. The van der Waals surface area contributed by atoms with Crippen LogP contribution >= 0.6 is 11.6 Å². The highest BCUT2D eigenvalue weighted by Crippen LogP contribution is 2.34. The average molecular weight is 407 g/mol. The first-order valence-electron chi connectivity index (χ1n) is 8.93. The molecule has 0 saturated carbocycles. The molecule has 0 saturated heterocycles. The van der Waals surface area contributed by atoms with Crippen molar-refractivity contribution < 1.29 is 14.0 Å². The minimum Gasteiger partial charge on any atom is -0.350 e. The van der Waals surface area contributed by atoms with E-state index in [9.17, 15) is 14.0 Å². The van der Waals surface area contributed by atoms with Gasteiger partial charge in [-0.15, -0.1) is 0 Å². The minimum absolute atomic E-state index is 0.135. The van der Waals surface area contributed by atoms with Gasteiger partial charge in [-0.05, 0) is 60.5 Å². The summed E-state index contributed by atoms with van der Waals surface area (Å²) in [7, 11) is 0. The zero-order chi connectivity index (χ0) is 20.5. The number of nitrogens with one attached hydrogen (secondary N) is 1. The van der Waals surface area contributed by atoms with Gasteiger partial charge in [0.15, 0.2) is 0 Å². The maximum Gasteiger partial charge on any atom is 0.282 e. The van der Waals surface area contributed by atoms with Crippen LogP contribution < -0.4 is 10.2 Å². The molecule has 0 spiro atoms. The lowest BCUT2D eigenvalue weighted by molar-refractivity contribution is -0.120. The first-order chi connectivity index (χ1) is 14.0. The lowest BCUT2D eigenvalue weighted by atomic mass is 10.0. The zero-order valence-electron chi connectivity index (χ0n) is 15.4. The van der Waals surface area contributed by atoms with Crippen molar-refractivity contribution >= 4 is 40.4 Å². The molecule has 0 atom stereocenters. The number of hydrogen-bond acceptors (Lipinski definition) is 3. The smallest absolute Gasteiger partial charge is 0.282 e. The highest BCUT2D eigenvalue weighted by Gasteiger charge is 2.40. The second-order valence-electron chi connectivity index (χ2n) is 6.62. The molecule has 0 bridgehead atoms. The molecule has 0 unspecified atom stereocenters. The average Bonchev–Trinajstić information content (AvgIpc) is 2.95. The fourth-order valence-corrected chi connectivity index (χ4v) is 3.47. The molecule has 3 aromatic rings. The van der Waals surface area contributed by atoms with Crippen LogP contribution in [-0.2, 0) is 9.59 Å². The van der Waals surface area contributed by atoms with Crippen molar-refractivity contribution in [3.63, 3.8) is 0 Å². The second-order valence-corrected chi connectivity index (χ2v) is 7.06. The number of halogens is 2. The number of aryl methyl sites for hydroxylation is 1. The molecule has 4 rings (SSSR count). The van der Waals surface area contributed by atoms with E-state index in [0.717, 1.165) is 10.5 Å². The van der Waals surface area contributed by atoms with E-state index in [1.807, 2.05) is 6.92 Å². The minimum atomic E-state index is -0.477. The van der Waals surface area contributed by atoms with E-state index < -0.39 is 17.6 Å². The van der Waals surface area contributed by atoms with Gasteiger partial charge in [-0.2, -0.15) is 0 Å². The van der Waals surface area contributed by atoms with Crippen molar-refractivity contribution in [3.8, 4) is 0 Å². The topological polar surface area (TPSA) is 49.4 Å². The summed E-state index contributed by atoms with van der Waals surface area (Å²) in [5.41, 5.74) is 2.72. The Balaban J connectivity index is 1.84. The maximum absolute atomic E-state index is 13.4. The molecule has 0 radical (unpaired) electrons. The predicted octanol–water partition coefficient (Wildman–Crippen LogP) is 5.18. The molecular weight excluding hydrogens is 391 g/mol. The Bertz CT molecular complexity index is 1140. The lowest BCUT2D eigenvalue weighted by Gasteiger charge is -2.15. The van der Waals surface area contributed by atoms with Crippen LogP contribution in [0.5, 0.6) is 0 Å². The van der Waals surface area contributed by atoms with E-state index in [-0.39, 0.29) is 11.3 Å². The van der Waals surface area contributed by atoms with Gasteiger partial charge in [0.2, 0.25) is 0 Å². The van der Waals surface area contributed by atoms with Gasteiger partial charge in [0.1, 0.15) is 11.5 Å². The van der Waals surface area contributed by atoms with Gasteiger partial charge in [-0.3, -0.25) is 9.59 Å². The number of amides is 2. The highest BCUT2D eigenvalue weighted by molar-refractivity contribution is 6.46. The van der Waals surface area contributed by atoms with E-state index >= 15 is 0 Å². The quantitative estimate of drug-likeness (QED) is 0.607. The van der Waals surface area contributed by atoms with Crippen LogP contribution in [0.25, 0.3) is 5.57 Å². The Morgan fingerprint density at radius 2 is 1.59 bits per heavy atom. The molecule has 4 nitrogen and oxygen atoms in total. The number of benzene rings is 3. The molecule has 0 fully saturated rings. The third-order valence-corrected chi connectivity index (χ3v) is 4.91. The number of carbonyl (C=O) groups is 2. The third kappa shape index (κ3) is 3.52. The van der Waals surface area contributed by atoms with Gasteiger partial charge >= 0.3 is 0 Å². The van der Waals surface area contributed by atoms with Gasteiger partial charge in [-0.25, -0.2) is 9.29 Å². The molecule has 29 heavy (non-hydrogen) atoms. The standard InChI is InChI=1S/C23H16ClFN2O2/c1-14-13-16(24)9-12-19(14)26-21-20(15-7-10-17(25)11-8-15)22(28)27(23(21)29)18-5-3-2-4-6-18/h2-13,26H,1H3. The van der Waals surface area contributed by atoms with E-state index in [1.54, 1.807) is 48.5 Å². The number of imide groups is 1. The predicted molar refractivity (Wildman–Crippen MR) is 112 cm³/mol. The van der Waals surface area contributed by atoms with Crippen LogP contribution in [0.4, 0.5) is 15.8 Å². The van der Waals surface area contributed by atoms with Crippen molar-refractivity contribution in [2.45, 2.75) is 6.92 Å². The molecule has 6 heteroatoms. The van der Waals surface area contributed by atoms with Crippen molar-refractivity contribution in [1.29, 1.82) is 0 Å². The molecule has 1 heterocycles. The van der Waals surface area contributed by atoms with Crippen molar-refractivity contribution in [1.82, 2.24) is 0 Å². The molecule has 0 aliphatic carbocycles. The van der Waals surface area contributed by atoms with E-state index in [1.165, 1.54) is 24.3 Å². The second kappa shape index (κ2) is 7.53. The van der Waals surface area contributed by atoms with E-state index in [2.05, 4.69) is 5.32 Å². The highest BCUT2D eigenvalue weighted by atomic mass is 35.5. The van der Waals surface area contributed by atoms with Crippen LogP contribution in [-0.4, -0.2) is 11.8 Å². The summed E-state index contributed by atoms with van der Waals surface area (Å²) in [6, 6.07) is 19.4. The van der Waals surface area contributed by atoms with E-state index in [4.69, 9.17) is 11.6 Å². The Labute approximate surface area is 172 Å². The normalized spacial score (nSPS) is 14.0. The van der Waals surface area contributed by atoms with Gasteiger partial charge in [-0.1, -0.05) is 41.9 Å². The van der Waals surface area contributed by atoms with Crippen molar-refractivity contribution in [3.05, 3.63) is 100 Å². The number of hydrogen-bond donors (Lipinski definition) is 1. The number of anilines is 2. The molecule has 1 aliphatic rings. The SMILES string of the molecule is Cc1cc(Cl)ccc1NC1=C(c2ccc(F)cc2)C(=O)N(c2ccccc2)C1=O. The summed E-state index contributed by atoms with van der Waals surface area (Å²) < 4.78 is 13.4. The van der Waals surface area contributed by atoms with Crippen LogP contribution in [0.15, 0.2) is 78.5 Å². The summed E-state index contributed by atoms with van der Waals surface area (Å²) in [6.45, 7) is 1.85. The van der Waals surface area contributed by atoms with Crippen LogP contribution in [0, 0.1) is 12.7 Å². The molecule has 0 aromatic heterocycles. The van der Waals surface area contributed by atoms with Crippen LogP contribution in [0.2, 0.25) is 5.02 Å². The van der Waals surface area contributed by atoms with Crippen molar-refractivity contribution in [2.24, 2.45) is 0 Å². The largest absolute Gasteiger partial charge is 0.350 e. The Kier molecular flexibility index (Phi) is 4.91. The lowest BCUT2D eigenvalue weighted by Crippen LogP contribution is -2.32. The first kappa shape index (κ1) is 18.9. The van der Waals surface area contributed by atoms with Crippen molar-refractivity contribution in [2.75, 3.05) is 10.2 Å². The molecule has 144 valence electrons. The monoisotopic (exact) mass is 406 g/mol. The van der Waals surface area contributed by atoms with Gasteiger partial charge in [0.05, 0.1) is 11.3 Å². The Morgan fingerprint density at radius 3 is 2.24 bits per heavy atom. The Hall–Kier alpha value is -3.44. The van der Waals surface area contributed by atoms with E-state index in [0.29, 0.717) is 22.0 Å². The number of para-hydroxylation sites is 1. The maximum atomic E-state index is 13.4. The molecule has 1 N–H and O–H groups in total. The molecule has 3 aromatic carbocycles. The summed E-state index contributed by atoms with van der Waals surface area (Å²) >= 11 is 6.02. The van der Waals surface area contributed by atoms with Crippen LogP contribution in [0.3, 0.4) is 0 Å².